The van der Waals surface area contributed by atoms with Gasteiger partial charge in [-0.2, -0.15) is 13.2 Å². The molecule has 2 heterocycles. The molecular weight excluding hydrogens is 369 g/mol. The number of rotatable bonds is 3. The summed E-state index contributed by atoms with van der Waals surface area (Å²) in [5, 5.41) is 0. The molecule has 2 N–H and O–H groups in total. The van der Waals surface area contributed by atoms with Crippen LogP contribution in [0.1, 0.15) is 31.2 Å². The van der Waals surface area contributed by atoms with Gasteiger partial charge in [0.2, 0.25) is 5.91 Å². The first kappa shape index (κ1) is 19.5. The van der Waals surface area contributed by atoms with Crippen molar-refractivity contribution < 1.29 is 18.0 Å². The van der Waals surface area contributed by atoms with E-state index < -0.39 is 17.3 Å². The van der Waals surface area contributed by atoms with E-state index in [0.29, 0.717) is 31.4 Å². The molecule has 2 aliphatic heterocycles. The van der Waals surface area contributed by atoms with Gasteiger partial charge in [-0.15, -0.1) is 0 Å². The van der Waals surface area contributed by atoms with Crippen molar-refractivity contribution in [2.45, 2.75) is 43.4 Å². The zero-order valence-electron chi connectivity index (χ0n) is 15.9. The number of benzene rings is 1. The first-order chi connectivity index (χ1) is 13.3. The van der Waals surface area contributed by atoms with E-state index in [2.05, 4.69) is 4.90 Å². The number of hydrogen-bond donors (Lipinski definition) is 1. The van der Waals surface area contributed by atoms with E-state index in [9.17, 15) is 18.0 Å². The Hall–Kier alpha value is -1.80. The summed E-state index contributed by atoms with van der Waals surface area (Å²) in [5.41, 5.74) is 5.47. The van der Waals surface area contributed by atoms with Crippen molar-refractivity contribution in [1.82, 2.24) is 9.80 Å². The fourth-order valence-corrected chi connectivity index (χ4v) is 4.32. The van der Waals surface area contributed by atoms with Crippen LogP contribution in [0.4, 0.5) is 18.9 Å². The maximum absolute atomic E-state index is 13.0. The van der Waals surface area contributed by atoms with Gasteiger partial charge in [-0.1, -0.05) is 6.07 Å². The van der Waals surface area contributed by atoms with E-state index in [4.69, 9.17) is 5.73 Å². The first-order valence-electron chi connectivity index (χ1n) is 10.0. The zero-order chi connectivity index (χ0) is 19.9. The Balaban J connectivity index is 1.34. The van der Waals surface area contributed by atoms with Crippen molar-refractivity contribution in [1.29, 1.82) is 0 Å². The average molecular weight is 396 g/mol. The number of alkyl halides is 3. The molecular formula is C20H27F3N4O. The lowest BCUT2D eigenvalue weighted by Crippen LogP contribution is -2.58. The number of carbonyl (C=O) groups is 1. The molecule has 1 aromatic rings. The number of halogens is 3. The third-order valence-corrected chi connectivity index (χ3v) is 6.27. The highest BCUT2D eigenvalue weighted by molar-refractivity contribution is 5.89. The van der Waals surface area contributed by atoms with Crippen LogP contribution in [0.3, 0.4) is 0 Å². The molecule has 0 spiro atoms. The van der Waals surface area contributed by atoms with E-state index in [-0.39, 0.29) is 5.91 Å². The lowest BCUT2D eigenvalue weighted by molar-refractivity contribution is -0.137. The van der Waals surface area contributed by atoms with Crippen LogP contribution in [0.2, 0.25) is 0 Å². The molecule has 1 aromatic carbocycles. The molecule has 1 unspecified atom stereocenters. The Labute approximate surface area is 163 Å². The van der Waals surface area contributed by atoms with Crippen molar-refractivity contribution >= 4 is 11.6 Å². The zero-order valence-corrected chi connectivity index (χ0v) is 15.9. The third-order valence-electron chi connectivity index (χ3n) is 6.27. The van der Waals surface area contributed by atoms with Gasteiger partial charge in [-0.3, -0.25) is 9.69 Å². The number of likely N-dealkylation sites (tertiary alicyclic amines) is 1. The molecule has 154 valence electrons. The summed E-state index contributed by atoms with van der Waals surface area (Å²) in [4.78, 5) is 18.8. The second-order valence-electron chi connectivity index (χ2n) is 8.27. The van der Waals surface area contributed by atoms with Gasteiger partial charge in [0.15, 0.2) is 0 Å². The van der Waals surface area contributed by atoms with Crippen molar-refractivity contribution in [2.24, 2.45) is 5.73 Å². The molecule has 1 saturated carbocycles. The molecule has 1 aliphatic carbocycles. The molecule has 3 aliphatic rings. The Bertz CT molecular complexity index is 726. The van der Waals surface area contributed by atoms with Crippen LogP contribution in [0, 0.1) is 0 Å². The van der Waals surface area contributed by atoms with E-state index in [0.717, 1.165) is 51.4 Å². The van der Waals surface area contributed by atoms with Crippen LogP contribution in [0.25, 0.3) is 0 Å². The van der Waals surface area contributed by atoms with Crippen molar-refractivity contribution in [3.8, 4) is 0 Å². The molecule has 1 atom stereocenters. The lowest BCUT2D eigenvalue weighted by atomic mass is 10.0. The molecule has 0 bridgehead atoms. The van der Waals surface area contributed by atoms with Gasteiger partial charge in [0.1, 0.15) is 0 Å². The third kappa shape index (κ3) is 3.98. The summed E-state index contributed by atoms with van der Waals surface area (Å²) >= 11 is 0. The fourth-order valence-electron chi connectivity index (χ4n) is 4.32. The van der Waals surface area contributed by atoms with Crippen LogP contribution >= 0.6 is 0 Å². The maximum atomic E-state index is 13.0. The highest BCUT2D eigenvalue weighted by atomic mass is 19.4. The second-order valence-corrected chi connectivity index (χ2v) is 8.27. The molecule has 4 rings (SSSR count). The van der Waals surface area contributed by atoms with E-state index >= 15 is 0 Å². The minimum Gasteiger partial charge on any atom is -0.369 e. The first-order valence-corrected chi connectivity index (χ1v) is 10.0. The topological polar surface area (TPSA) is 52.8 Å². The van der Waals surface area contributed by atoms with Crippen LogP contribution in [0.5, 0.6) is 0 Å². The smallest absolute Gasteiger partial charge is 0.369 e. The van der Waals surface area contributed by atoms with Crippen LogP contribution in [-0.4, -0.2) is 66.6 Å². The number of nitrogens with zero attached hydrogens (tertiary/aromatic N) is 3. The molecule has 0 aromatic heterocycles. The summed E-state index contributed by atoms with van der Waals surface area (Å²) in [5.74, 6) is 0.0831. The van der Waals surface area contributed by atoms with E-state index in [1.165, 1.54) is 12.1 Å². The number of carbonyl (C=O) groups excluding carboxylic acids is 1. The van der Waals surface area contributed by atoms with Crippen LogP contribution < -0.4 is 10.6 Å². The summed E-state index contributed by atoms with van der Waals surface area (Å²) < 4.78 is 38.9. The fraction of sp³-hybridized carbons (Fsp3) is 0.650. The average Bonchev–Trinajstić information content (AvgIpc) is 3.46. The van der Waals surface area contributed by atoms with Crippen LogP contribution in [0.15, 0.2) is 24.3 Å². The van der Waals surface area contributed by atoms with Crippen LogP contribution in [-0.2, 0) is 11.0 Å². The number of piperidine rings is 1. The number of hydrogen-bond acceptors (Lipinski definition) is 4. The van der Waals surface area contributed by atoms with Crippen molar-refractivity contribution in [3.63, 3.8) is 0 Å². The molecule has 2 saturated heterocycles. The standard InChI is InChI=1S/C20H27F3N4O/c21-20(22,23)15-3-1-4-16(13-15)25-9-11-26(12-10-25)17-5-2-8-27(14-17)18(28)19(24)6-7-19/h1,3-4,13,17H,2,5-12,14,24H2. The number of anilines is 1. The highest BCUT2D eigenvalue weighted by Gasteiger charge is 2.49. The van der Waals surface area contributed by atoms with Gasteiger partial charge in [0.05, 0.1) is 11.1 Å². The molecule has 28 heavy (non-hydrogen) atoms. The summed E-state index contributed by atoms with van der Waals surface area (Å²) in [7, 11) is 0. The van der Waals surface area contributed by atoms with Gasteiger partial charge in [-0.25, -0.2) is 0 Å². The number of amides is 1. The van der Waals surface area contributed by atoms with Crippen molar-refractivity contribution in [3.05, 3.63) is 29.8 Å². The highest BCUT2D eigenvalue weighted by Crippen LogP contribution is 2.35. The lowest BCUT2D eigenvalue weighted by Gasteiger charge is -2.44. The molecule has 5 nitrogen and oxygen atoms in total. The maximum Gasteiger partial charge on any atom is 0.416 e. The van der Waals surface area contributed by atoms with E-state index in [1.54, 1.807) is 6.07 Å². The summed E-state index contributed by atoms with van der Waals surface area (Å²) in [6, 6.07) is 5.85. The van der Waals surface area contributed by atoms with Gasteiger partial charge < -0.3 is 15.5 Å². The van der Waals surface area contributed by atoms with E-state index in [1.807, 2.05) is 9.80 Å². The normalized spacial score (nSPS) is 25.6. The summed E-state index contributed by atoms with van der Waals surface area (Å²) in [6.07, 6.45) is -0.742. The van der Waals surface area contributed by atoms with Gasteiger partial charge >= 0.3 is 6.18 Å². The molecule has 8 heteroatoms. The Kier molecular flexibility index (Phi) is 5.03. The minimum absolute atomic E-state index is 0.0831. The predicted molar refractivity (Wildman–Crippen MR) is 101 cm³/mol. The largest absolute Gasteiger partial charge is 0.416 e. The Morgan fingerprint density at radius 1 is 1.11 bits per heavy atom. The van der Waals surface area contributed by atoms with Gasteiger partial charge in [-0.05, 0) is 43.9 Å². The quantitative estimate of drug-likeness (QED) is 0.852. The molecule has 1 amide bonds. The number of piperazine rings is 1. The molecule has 0 radical (unpaired) electrons. The SMILES string of the molecule is NC1(C(=O)N2CCCC(N3CCN(c4cccc(C(F)(F)F)c4)CC3)C2)CC1. The van der Waals surface area contributed by atoms with Crippen molar-refractivity contribution in [2.75, 3.05) is 44.2 Å². The predicted octanol–water partition coefficient (Wildman–Crippen LogP) is 2.31. The second kappa shape index (κ2) is 7.22. The monoisotopic (exact) mass is 396 g/mol. The Morgan fingerprint density at radius 3 is 2.46 bits per heavy atom. The molecule has 3 fully saturated rings. The summed E-state index contributed by atoms with van der Waals surface area (Å²) in [6.45, 7) is 4.44. The number of nitrogens with two attached hydrogens (primary N) is 1. The Morgan fingerprint density at radius 2 is 1.82 bits per heavy atom. The van der Waals surface area contributed by atoms with Gasteiger partial charge in [0, 0.05) is 51.0 Å². The minimum atomic E-state index is -4.32. The van der Waals surface area contributed by atoms with Gasteiger partial charge in [0.25, 0.3) is 0 Å².